The molecule has 5 nitrogen and oxygen atoms in total. The molecule has 0 aliphatic heterocycles. The van der Waals surface area contributed by atoms with Crippen molar-refractivity contribution in [2.75, 3.05) is 0 Å². The molecule has 5 heteroatoms. The van der Waals surface area contributed by atoms with E-state index in [2.05, 4.69) is 10.6 Å². The molecule has 0 aliphatic rings. The van der Waals surface area contributed by atoms with Crippen molar-refractivity contribution in [3.63, 3.8) is 0 Å². The lowest BCUT2D eigenvalue weighted by molar-refractivity contribution is -0.134. The van der Waals surface area contributed by atoms with Crippen LogP contribution in [0, 0.1) is 5.92 Å². The Morgan fingerprint density at radius 2 is 1.53 bits per heavy atom. The van der Waals surface area contributed by atoms with E-state index in [0.29, 0.717) is 0 Å². The molecule has 0 fully saturated rings. The Morgan fingerprint density at radius 3 is 1.93 bits per heavy atom. The van der Waals surface area contributed by atoms with Crippen LogP contribution in [0.2, 0.25) is 0 Å². The van der Waals surface area contributed by atoms with Crippen molar-refractivity contribution in [3.05, 3.63) is 0 Å². The van der Waals surface area contributed by atoms with Crippen molar-refractivity contribution in [3.8, 4) is 0 Å². The fourth-order valence-electron chi connectivity index (χ4n) is 0.845. The first kappa shape index (κ1) is 13.6. The molecule has 0 rings (SSSR count). The summed E-state index contributed by atoms with van der Waals surface area (Å²) < 4.78 is 0. The summed E-state index contributed by atoms with van der Waals surface area (Å²) in [5.74, 6) is -1.56. The van der Waals surface area contributed by atoms with Crippen molar-refractivity contribution in [2.45, 2.75) is 40.2 Å². The lowest BCUT2D eigenvalue weighted by Gasteiger charge is -2.09. The first-order chi connectivity index (χ1) is 6.82. The number of carbonyl (C=O) groups is 3. The minimum atomic E-state index is -0.563. The maximum Gasteiger partial charge on any atom is 0.235 e. The van der Waals surface area contributed by atoms with E-state index >= 15 is 0 Å². The highest BCUT2D eigenvalue weighted by molar-refractivity contribution is 6.04. The minimum absolute atomic E-state index is 0.00824. The largest absolute Gasteiger partial charge is 0.353 e. The normalized spacial score (nSPS) is 10.3. The molecule has 0 spiro atoms. The summed E-state index contributed by atoms with van der Waals surface area (Å²) in [4.78, 5) is 33.4. The van der Waals surface area contributed by atoms with Crippen LogP contribution in [-0.4, -0.2) is 23.8 Å². The molecule has 2 N–H and O–H groups in total. The van der Waals surface area contributed by atoms with Crippen LogP contribution in [0.5, 0.6) is 0 Å². The van der Waals surface area contributed by atoms with E-state index in [1.54, 1.807) is 27.7 Å². The third-order valence-electron chi connectivity index (χ3n) is 1.56. The van der Waals surface area contributed by atoms with E-state index in [1.807, 2.05) is 0 Å². The van der Waals surface area contributed by atoms with Crippen LogP contribution >= 0.6 is 0 Å². The first-order valence-electron chi connectivity index (χ1n) is 4.96. The zero-order chi connectivity index (χ0) is 12.0. The first-order valence-corrected chi connectivity index (χ1v) is 4.96. The highest BCUT2D eigenvalue weighted by Gasteiger charge is 2.14. The molecule has 0 atom stereocenters. The van der Waals surface area contributed by atoms with E-state index in [1.165, 1.54) is 0 Å². The van der Waals surface area contributed by atoms with Crippen LogP contribution in [0.25, 0.3) is 0 Å². The summed E-state index contributed by atoms with van der Waals surface area (Å²) in [6, 6.07) is -0.00824. The number of carbonyl (C=O) groups excluding carboxylic acids is 3. The molecule has 0 aromatic carbocycles. The number of hydrogen-bond donors (Lipinski definition) is 2. The molecule has 0 saturated heterocycles. The number of imide groups is 1. The van der Waals surface area contributed by atoms with Crippen LogP contribution in [0.1, 0.15) is 34.1 Å². The summed E-state index contributed by atoms with van der Waals surface area (Å²) >= 11 is 0. The monoisotopic (exact) mass is 214 g/mol. The molecule has 0 aromatic heterocycles. The molecule has 0 aromatic rings. The number of rotatable bonds is 4. The second kappa shape index (κ2) is 6.16. The van der Waals surface area contributed by atoms with Crippen LogP contribution < -0.4 is 10.6 Å². The average molecular weight is 214 g/mol. The summed E-state index contributed by atoms with van der Waals surface area (Å²) in [6.07, 6.45) is -0.309. The predicted molar refractivity (Wildman–Crippen MR) is 55.9 cm³/mol. The highest BCUT2D eigenvalue weighted by Crippen LogP contribution is 1.91. The van der Waals surface area contributed by atoms with Crippen molar-refractivity contribution in [1.82, 2.24) is 10.6 Å². The molecule has 15 heavy (non-hydrogen) atoms. The maximum atomic E-state index is 11.2. The fraction of sp³-hybridized carbons (Fsp3) is 0.700. The standard InChI is InChI=1S/C10H18N2O3/c1-6(2)10(15)12-9(14)5-8(13)11-7(3)4/h6-7H,5H2,1-4H3,(H,11,13)(H,12,14,15). The third-order valence-corrected chi connectivity index (χ3v) is 1.56. The van der Waals surface area contributed by atoms with Crippen LogP contribution in [0.4, 0.5) is 0 Å². The van der Waals surface area contributed by atoms with Gasteiger partial charge >= 0.3 is 0 Å². The van der Waals surface area contributed by atoms with Gasteiger partial charge in [0.25, 0.3) is 0 Å². The molecular formula is C10H18N2O3. The van der Waals surface area contributed by atoms with Gasteiger partial charge in [-0.05, 0) is 13.8 Å². The Morgan fingerprint density at radius 1 is 1.00 bits per heavy atom. The van der Waals surface area contributed by atoms with Gasteiger partial charge < -0.3 is 5.32 Å². The van der Waals surface area contributed by atoms with E-state index in [-0.39, 0.29) is 30.2 Å². The summed E-state index contributed by atoms with van der Waals surface area (Å²) in [5.41, 5.74) is 0. The van der Waals surface area contributed by atoms with Gasteiger partial charge in [0.1, 0.15) is 6.42 Å². The average Bonchev–Trinajstić information content (AvgIpc) is 2.00. The Balaban J connectivity index is 3.94. The maximum absolute atomic E-state index is 11.2. The van der Waals surface area contributed by atoms with Crippen LogP contribution in [-0.2, 0) is 14.4 Å². The number of hydrogen-bond acceptors (Lipinski definition) is 3. The quantitative estimate of drug-likeness (QED) is 0.656. The lowest BCUT2D eigenvalue weighted by Crippen LogP contribution is -2.38. The van der Waals surface area contributed by atoms with Gasteiger partial charge in [-0.25, -0.2) is 0 Å². The van der Waals surface area contributed by atoms with Crippen molar-refractivity contribution >= 4 is 17.7 Å². The molecule has 0 heterocycles. The topological polar surface area (TPSA) is 75.3 Å². The van der Waals surface area contributed by atoms with Gasteiger partial charge in [-0.1, -0.05) is 13.8 Å². The highest BCUT2D eigenvalue weighted by atomic mass is 16.2. The van der Waals surface area contributed by atoms with E-state index in [0.717, 1.165) is 0 Å². The molecule has 0 radical (unpaired) electrons. The predicted octanol–water partition coefficient (Wildman–Crippen LogP) is 0.200. The molecule has 0 saturated carbocycles. The van der Waals surface area contributed by atoms with Gasteiger partial charge in [-0.2, -0.15) is 0 Å². The molecule has 3 amide bonds. The van der Waals surface area contributed by atoms with Gasteiger partial charge in [0.05, 0.1) is 0 Å². The molecule has 0 bridgehead atoms. The van der Waals surface area contributed by atoms with E-state index < -0.39 is 5.91 Å². The molecule has 86 valence electrons. The van der Waals surface area contributed by atoms with Gasteiger partial charge in [0, 0.05) is 12.0 Å². The van der Waals surface area contributed by atoms with Crippen molar-refractivity contribution in [1.29, 1.82) is 0 Å². The number of nitrogens with one attached hydrogen (secondary N) is 2. The third kappa shape index (κ3) is 6.65. The summed E-state index contributed by atoms with van der Waals surface area (Å²) in [7, 11) is 0. The van der Waals surface area contributed by atoms with E-state index in [4.69, 9.17) is 0 Å². The minimum Gasteiger partial charge on any atom is -0.353 e. The Bertz CT molecular complexity index is 259. The molecule has 0 unspecified atom stereocenters. The molecule has 0 aliphatic carbocycles. The van der Waals surface area contributed by atoms with Gasteiger partial charge in [0.15, 0.2) is 0 Å². The van der Waals surface area contributed by atoms with Gasteiger partial charge in [-0.3, -0.25) is 19.7 Å². The van der Waals surface area contributed by atoms with Gasteiger partial charge in [0.2, 0.25) is 17.7 Å². The summed E-state index contributed by atoms with van der Waals surface area (Å²) in [6.45, 7) is 6.96. The van der Waals surface area contributed by atoms with Crippen LogP contribution in [0.15, 0.2) is 0 Å². The second-order valence-electron chi connectivity index (χ2n) is 3.97. The molecular weight excluding hydrogens is 196 g/mol. The SMILES string of the molecule is CC(C)NC(=O)CC(=O)NC(=O)C(C)C. The Kier molecular flexibility index (Phi) is 5.59. The Hall–Kier alpha value is -1.39. The fourth-order valence-corrected chi connectivity index (χ4v) is 0.845. The second-order valence-corrected chi connectivity index (χ2v) is 3.97. The Labute approximate surface area is 89.6 Å². The summed E-state index contributed by atoms with van der Waals surface area (Å²) in [5, 5.41) is 4.71. The van der Waals surface area contributed by atoms with E-state index in [9.17, 15) is 14.4 Å². The zero-order valence-electron chi connectivity index (χ0n) is 9.59. The zero-order valence-corrected chi connectivity index (χ0v) is 9.59. The number of amides is 3. The van der Waals surface area contributed by atoms with Crippen LogP contribution in [0.3, 0.4) is 0 Å². The van der Waals surface area contributed by atoms with Crippen molar-refractivity contribution < 1.29 is 14.4 Å². The van der Waals surface area contributed by atoms with Crippen molar-refractivity contribution in [2.24, 2.45) is 5.92 Å². The van der Waals surface area contributed by atoms with Gasteiger partial charge in [-0.15, -0.1) is 0 Å². The lowest BCUT2D eigenvalue weighted by atomic mass is 10.2. The smallest absolute Gasteiger partial charge is 0.235 e.